The number of benzene rings is 1. The molecular formula is C21H29N3O. The number of rotatable bonds is 4. The number of hydrogen-bond donors (Lipinski definition) is 0. The van der Waals surface area contributed by atoms with E-state index in [0.29, 0.717) is 5.92 Å². The van der Waals surface area contributed by atoms with E-state index in [1.165, 1.54) is 5.56 Å². The van der Waals surface area contributed by atoms with Crippen molar-refractivity contribution in [2.45, 2.75) is 58.4 Å². The fourth-order valence-corrected chi connectivity index (χ4v) is 3.78. The standard InChI is InChI=1S/C21H29N3O/c1-5-24-19(14-18(22-24)16(2)3)20(25)23-13-9-12-21(4,15-23)17-10-7-6-8-11-17/h6-8,10-11,14,16H,5,9,12-13,15H2,1-4H3. The number of amides is 1. The van der Waals surface area contributed by atoms with Crippen LogP contribution in [0.1, 0.15) is 68.2 Å². The van der Waals surface area contributed by atoms with Crippen LogP contribution in [0.15, 0.2) is 36.4 Å². The third-order valence-electron chi connectivity index (χ3n) is 5.36. The van der Waals surface area contributed by atoms with Crippen molar-refractivity contribution in [1.29, 1.82) is 0 Å². The molecule has 4 heteroatoms. The molecule has 1 atom stereocenters. The van der Waals surface area contributed by atoms with Gasteiger partial charge < -0.3 is 4.90 Å². The van der Waals surface area contributed by atoms with E-state index in [2.05, 4.69) is 50.1 Å². The zero-order valence-electron chi connectivity index (χ0n) is 15.8. The highest BCUT2D eigenvalue weighted by atomic mass is 16.2. The third kappa shape index (κ3) is 3.48. The molecule has 25 heavy (non-hydrogen) atoms. The molecule has 0 radical (unpaired) electrons. The molecule has 134 valence electrons. The molecule has 1 aromatic heterocycles. The summed E-state index contributed by atoms with van der Waals surface area (Å²) in [5.41, 5.74) is 3.06. The van der Waals surface area contributed by atoms with Crippen LogP contribution in [-0.4, -0.2) is 33.7 Å². The first-order chi connectivity index (χ1) is 11.9. The summed E-state index contributed by atoms with van der Waals surface area (Å²) in [5.74, 6) is 0.443. The van der Waals surface area contributed by atoms with Crippen LogP contribution in [0, 0.1) is 0 Å². The number of aromatic nitrogens is 2. The smallest absolute Gasteiger partial charge is 0.272 e. The number of piperidine rings is 1. The lowest BCUT2D eigenvalue weighted by atomic mass is 9.76. The molecule has 1 amide bonds. The minimum Gasteiger partial charge on any atom is -0.336 e. The highest BCUT2D eigenvalue weighted by Gasteiger charge is 2.35. The summed E-state index contributed by atoms with van der Waals surface area (Å²) < 4.78 is 1.85. The number of aryl methyl sites for hydroxylation is 1. The molecule has 3 rings (SSSR count). The molecular weight excluding hydrogens is 310 g/mol. The molecule has 4 nitrogen and oxygen atoms in total. The lowest BCUT2D eigenvalue weighted by Crippen LogP contribution is -2.47. The summed E-state index contributed by atoms with van der Waals surface area (Å²) in [6.07, 6.45) is 2.15. The van der Waals surface area contributed by atoms with Crippen molar-refractivity contribution in [3.8, 4) is 0 Å². The maximum Gasteiger partial charge on any atom is 0.272 e. The minimum absolute atomic E-state index is 0.0209. The second-order valence-corrected chi connectivity index (χ2v) is 7.68. The van der Waals surface area contributed by atoms with Gasteiger partial charge in [-0.05, 0) is 37.3 Å². The maximum absolute atomic E-state index is 13.2. The summed E-state index contributed by atoms with van der Waals surface area (Å²) >= 11 is 0. The first kappa shape index (κ1) is 17.7. The fraction of sp³-hybridized carbons (Fsp3) is 0.524. The number of carbonyl (C=O) groups excluding carboxylic acids is 1. The number of hydrogen-bond acceptors (Lipinski definition) is 2. The highest BCUT2D eigenvalue weighted by molar-refractivity contribution is 5.93. The Morgan fingerprint density at radius 3 is 2.64 bits per heavy atom. The van der Waals surface area contributed by atoms with Gasteiger partial charge >= 0.3 is 0 Å². The average Bonchev–Trinajstić information content (AvgIpc) is 3.06. The zero-order chi connectivity index (χ0) is 18.0. The van der Waals surface area contributed by atoms with Gasteiger partial charge in [0.05, 0.1) is 5.69 Å². The summed E-state index contributed by atoms with van der Waals surface area (Å²) in [6.45, 7) is 10.9. The molecule has 1 saturated heterocycles. The fourth-order valence-electron chi connectivity index (χ4n) is 3.78. The predicted octanol–water partition coefficient (Wildman–Crippen LogP) is 4.22. The van der Waals surface area contributed by atoms with Gasteiger partial charge in [-0.1, -0.05) is 51.1 Å². The largest absolute Gasteiger partial charge is 0.336 e. The molecule has 1 unspecified atom stereocenters. The molecule has 0 saturated carbocycles. The van der Waals surface area contributed by atoms with Crippen molar-refractivity contribution in [3.63, 3.8) is 0 Å². The van der Waals surface area contributed by atoms with Crippen LogP contribution in [-0.2, 0) is 12.0 Å². The molecule has 2 heterocycles. The van der Waals surface area contributed by atoms with Gasteiger partial charge in [-0.15, -0.1) is 0 Å². The van der Waals surface area contributed by atoms with Crippen molar-refractivity contribution in [2.24, 2.45) is 0 Å². The first-order valence-corrected chi connectivity index (χ1v) is 9.37. The van der Waals surface area contributed by atoms with Gasteiger partial charge in [-0.25, -0.2) is 0 Å². The van der Waals surface area contributed by atoms with Gasteiger partial charge in [0, 0.05) is 25.0 Å². The van der Waals surface area contributed by atoms with Crippen LogP contribution in [0.2, 0.25) is 0 Å². The van der Waals surface area contributed by atoms with Crippen LogP contribution in [0.25, 0.3) is 0 Å². The van der Waals surface area contributed by atoms with Crippen LogP contribution in [0.5, 0.6) is 0 Å². The highest BCUT2D eigenvalue weighted by Crippen LogP contribution is 2.34. The SMILES string of the molecule is CCn1nc(C(C)C)cc1C(=O)N1CCCC(C)(c2ccccc2)C1. The average molecular weight is 339 g/mol. The molecule has 1 fully saturated rings. The number of carbonyl (C=O) groups is 1. The van der Waals surface area contributed by atoms with Gasteiger partial charge in [-0.3, -0.25) is 9.48 Å². The lowest BCUT2D eigenvalue weighted by Gasteiger charge is -2.41. The Hall–Kier alpha value is -2.10. The van der Waals surface area contributed by atoms with E-state index in [-0.39, 0.29) is 11.3 Å². The van der Waals surface area contributed by atoms with Gasteiger partial charge in [0.1, 0.15) is 5.69 Å². The van der Waals surface area contributed by atoms with Crippen LogP contribution in [0.3, 0.4) is 0 Å². The number of nitrogens with zero attached hydrogens (tertiary/aromatic N) is 3. The molecule has 2 aromatic rings. The van der Waals surface area contributed by atoms with E-state index in [1.807, 2.05) is 28.6 Å². The van der Waals surface area contributed by atoms with Gasteiger partial charge in [0.25, 0.3) is 5.91 Å². The summed E-state index contributed by atoms with van der Waals surface area (Å²) in [7, 11) is 0. The van der Waals surface area contributed by atoms with Crippen LogP contribution < -0.4 is 0 Å². The topological polar surface area (TPSA) is 38.1 Å². The first-order valence-electron chi connectivity index (χ1n) is 9.37. The molecule has 0 N–H and O–H groups in total. The van der Waals surface area contributed by atoms with Crippen molar-refractivity contribution < 1.29 is 4.79 Å². The maximum atomic E-state index is 13.2. The third-order valence-corrected chi connectivity index (χ3v) is 5.36. The van der Waals surface area contributed by atoms with Crippen molar-refractivity contribution >= 4 is 5.91 Å². The molecule has 1 aromatic carbocycles. The van der Waals surface area contributed by atoms with E-state index in [0.717, 1.165) is 43.9 Å². The van der Waals surface area contributed by atoms with E-state index >= 15 is 0 Å². The summed E-state index contributed by atoms with van der Waals surface area (Å²) in [4.78, 5) is 15.2. The normalized spacial score (nSPS) is 20.9. The quantitative estimate of drug-likeness (QED) is 0.836. The van der Waals surface area contributed by atoms with E-state index < -0.39 is 0 Å². The van der Waals surface area contributed by atoms with E-state index in [1.54, 1.807) is 0 Å². The summed E-state index contributed by atoms with van der Waals surface area (Å²) in [5, 5.41) is 4.61. The second-order valence-electron chi connectivity index (χ2n) is 7.68. The molecule has 0 aliphatic carbocycles. The van der Waals surface area contributed by atoms with Crippen molar-refractivity contribution in [2.75, 3.05) is 13.1 Å². The number of likely N-dealkylation sites (tertiary alicyclic amines) is 1. The van der Waals surface area contributed by atoms with Gasteiger partial charge in [0.2, 0.25) is 0 Å². The van der Waals surface area contributed by atoms with Crippen LogP contribution in [0.4, 0.5) is 0 Å². The Balaban J connectivity index is 1.85. The molecule has 1 aliphatic rings. The van der Waals surface area contributed by atoms with Crippen molar-refractivity contribution in [1.82, 2.24) is 14.7 Å². The van der Waals surface area contributed by atoms with E-state index in [4.69, 9.17) is 0 Å². The predicted molar refractivity (Wildman–Crippen MR) is 101 cm³/mol. The second kappa shape index (κ2) is 7.03. The van der Waals surface area contributed by atoms with Crippen molar-refractivity contribution in [3.05, 3.63) is 53.3 Å². The lowest BCUT2D eigenvalue weighted by molar-refractivity contribution is 0.0638. The molecule has 1 aliphatic heterocycles. The Morgan fingerprint density at radius 2 is 2.00 bits per heavy atom. The zero-order valence-corrected chi connectivity index (χ0v) is 15.8. The Labute approximate surface area is 150 Å². The summed E-state index contributed by atoms with van der Waals surface area (Å²) in [6, 6.07) is 12.6. The minimum atomic E-state index is 0.0209. The van der Waals surface area contributed by atoms with Gasteiger partial charge in [0.15, 0.2) is 0 Å². The molecule has 0 bridgehead atoms. The van der Waals surface area contributed by atoms with E-state index in [9.17, 15) is 4.79 Å². The Kier molecular flexibility index (Phi) is 4.98. The Morgan fingerprint density at radius 1 is 1.28 bits per heavy atom. The Bertz CT molecular complexity index is 735. The van der Waals surface area contributed by atoms with Crippen LogP contribution >= 0.6 is 0 Å². The monoisotopic (exact) mass is 339 g/mol. The van der Waals surface area contributed by atoms with Gasteiger partial charge in [-0.2, -0.15) is 5.10 Å². The molecule has 0 spiro atoms.